The van der Waals surface area contributed by atoms with Crippen LogP contribution >= 0.6 is 0 Å². The van der Waals surface area contributed by atoms with Crippen molar-refractivity contribution in [2.75, 3.05) is 25.7 Å². The Morgan fingerprint density at radius 2 is 1.84 bits per heavy atom. The minimum Gasteiger partial charge on any atom is -0.496 e. The Morgan fingerprint density at radius 1 is 1.21 bits per heavy atom. The number of esters is 1. The number of nitrogens with zero attached hydrogens (tertiary/aromatic N) is 1. The lowest BCUT2D eigenvalue weighted by molar-refractivity contribution is -0.153. The summed E-state index contributed by atoms with van der Waals surface area (Å²) < 4.78 is 9.92. The predicted octanol–water partition coefficient (Wildman–Crippen LogP) is 1.84. The number of hydrogen-bond acceptors (Lipinski definition) is 4. The van der Waals surface area contributed by atoms with Gasteiger partial charge in [0, 0.05) is 12.7 Å². The zero-order valence-electron chi connectivity index (χ0n) is 11.9. The monoisotopic (exact) mass is 265 g/mol. The number of likely N-dealkylation sites (N-methyl/N-ethyl adjacent to an activating group) is 1. The summed E-state index contributed by atoms with van der Waals surface area (Å²) in [6.07, 6.45) is 0. The standard InChI is InChI=1S/C14H19NO4/c1-6-19-14(17)13(16)15(4)11-7-10(3)12(18-5)8-9(11)2/h7-8H,6H2,1-5H3. The Morgan fingerprint density at radius 3 is 2.37 bits per heavy atom. The molecule has 0 atom stereocenters. The third-order valence-corrected chi connectivity index (χ3v) is 2.83. The third-order valence-electron chi connectivity index (χ3n) is 2.83. The van der Waals surface area contributed by atoms with Crippen LogP contribution in [0.25, 0.3) is 0 Å². The minimum atomic E-state index is -0.849. The molecular formula is C14H19NO4. The number of benzene rings is 1. The van der Waals surface area contributed by atoms with Crippen LogP contribution in [0.3, 0.4) is 0 Å². The summed E-state index contributed by atoms with van der Waals surface area (Å²) in [7, 11) is 3.14. The van der Waals surface area contributed by atoms with Crippen molar-refractivity contribution in [2.45, 2.75) is 20.8 Å². The Kier molecular flexibility index (Phi) is 4.92. The first-order chi connectivity index (χ1) is 8.92. The van der Waals surface area contributed by atoms with Crippen LogP contribution in [0.2, 0.25) is 0 Å². The number of carbonyl (C=O) groups excluding carboxylic acids is 2. The molecule has 0 unspecified atom stereocenters. The Bertz CT molecular complexity index is 496. The summed E-state index contributed by atoms with van der Waals surface area (Å²) in [5, 5.41) is 0. The van der Waals surface area contributed by atoms with Gasteiger partial charge in [-0.1, -0.05) is 0 Å². The second-order valence-electron chi connectivity index (χ2n) is 4.19. The van der Waals surface area contributed by atoms with E-state index in [9.17, 15) is 9.59 Å². The van der Waals surface area contributed by atoms with E-state index in [1.54, 1.807) is 21.1 Å². The minimum absolute atomic E-state index is 0.180. The van der Waals surface area contributed by atoms with E-state index in [4.69, 9.17) is 9.47 Å². The lowest BCUT2D eigenvalue weighted by Gasteiger charge is -2.20. The van der Waals surface area contributed by atoms with E-state index in [0.717, 1.165) is 16.9 Å². The average molecular weight is 265 g/mol. The number of anilines is 1. The second kappa shape index (κ2) is 6.22. The van der Waals surface area contributed by atoms with Crippen LogP contribution < -0.4 is 9.64 Å². The van der Waals surface area contributed by atoms with Crippen LogP contribution in [0.4, 0.5) is 5.69 Å². The number of amides is 1. The van der Waals surface area contributed by atoms with Gasteiger partial charge in [0.15, 0.2) is 0 Å². The molecule has 0 bridgehead atoms. The molecule has 0 aliphatic heterocycles. The Hall–Kier alpha value is -2.04. The van der Waals surface area contributed by atoms with Gasteiger partial charge < -0.3 is 14.4 Å². The third kappa shape index (κ3) is 3.24. The molecule has 0 N–H and O–H groups in total. The molecule has 0 radical (unpaired) electrons. The summed E-state index contributed by atoms with van der Waals surface area (Å²) in [5.74, 6) is -0.786. The molecule has 1 aromatic carbocycles. The van der Waals surface area contributed by atoms with Crippen molar-refractivity contribution in [3.63, 3.8) is 0 Å². The SMILES string of the molecule is CCOC(=O)C(=O)N(C)c1cc(C)c(OC)cc1C. The van der Waals surface area contributed by atoms with Gasteiger partial charge in [0.2, 0.25) is 0 Å². The fourth-order valence-corrected chi connectivity index (χ4v) is 1.79. The Balaban J connectivity index is 3.06. The number of ether oxygens (including phenoxy) is 2. The lowest BCUT2D eigenvalue weighted by atomic mass is 10.1. The highest BCUT2D eigenvalue weighted by molar-refractivity contribution is 6.38. The van der Waals surface area contributed by atoms with Gasteiger partial charge in [-0.15, -0.1) is 0 Å². The van der Waals surface area contributed by atoms with Gasteiger partial charge in [0.1, 0.15) is 5.75 Å². The van der Waals surface area contributed by atoms with Crippen LogP contribution in [0.5, 0.6) is 5.75 Å². The van der Waals surface area contributed by atoms with Crippen molar-refractivity contribution in [3.05, 3.63) is 23.3 Å². The van der Waals surface area contributed by atoms with E-state index < -0.39 is 11.9 Å². The first-order valence-electron chi connectivity index (χ1n) is 6.02. The molecule has 19 heavy (non-hydrogen) atoms. The highest BCUT2D eigenvalue weighted by Gasteiger charge is 2.22. The topological polar surface area (TPSA) is 55.8 Å². The molecule has 1 aromatic rings. The van der Waals surface area contributed by atoms with Gasteiger partial charge in [-0.25, -0.2) is 4.79 Å². The zero-order valence-corrected chi connectivity index (χ0v) is 11.9. The number of hydrogen-bond donors (Lipinski definition) is 0. The van der Waals surface area contributed by atoms with Gasteiger partial charge in [0.05, 0.1) is 13.7 Å². The molecule has 5 nitrogen and oxygen atoms in total. The largest absolute Gasteiger partial charge is 0.496 e. The highest BCUT2D eigenvalue weighted by atomic mass is 16.5. The summed E-state index contributed by atoms with van der Waals surface area (Å²) in [6.45, 7) is 5.57. The summed E-state index contributed by atoms with van der Waals surface area (Å²) in [5.41, 5.74) is 2.41. The molecule has 0 aromatic heterocycles. The van der Waals surface area contributed by atoms with Gasteiger partial charge in [-0.3, -0.25) is 4.79 Å². The summed E-state index contributed by atoms with van der Waals surface area (Å²) in [6, 6.07) is 3.64. The number of methoxy groups -OCH3 is 1. The normalized spacial score (nSPS) is 9.95. The number of aryl methyl sites for hydroxylation is 2. The maximum absolute atomic E-state index is 11.9. The lowest BCUT2D eigenvalue weighted by Crippen LogP contribution is -2.35. The van der Waals surface area contributed by atoms with E-state index >= 15 is 0 Å². The summed E-state index contributed by atoms with van der Waals surface area (Å²) in [4.78, 5) is 24.6. The van der Waals surface area contributed by atoms with Crippen molar-refractivity contribution in [3.8, 4) is 5.75 Å². The molecule has 0 saturated carbocycles. The fourth-order valence-electron chi connectivity index (χ4n) is 1.79. The maximum atomic E-state index is 11.9. The van der Waals surface area contributed by atoms with E-state index in [2.05, 4.69) is 0 Å². The molecule has 0 heterocycles. The quantitative estimate of drug-likeness (QED) is 0.618. The molecule has 0 spiro atoms. The van der Waals surface area contributed by atoms with Crippen molar-refractivity contribution >= 4 is 17.6 Å². The Labute approximate surface area is 113 Å². The van der Waals surface area contributed by atoms with Crippen LogP contribution in [0.1, 0.15) is 18.1 Å². The fraction of sp³-hybridized carbons (Fsp3) is 0.429. The van der Waals surface area contributed by atoms with E-state index in [1.807, 2.05) is 26.0 Å². The van der Waals surface area contributed by atoms with Crippen LogP contribution in [0, 0.1) is 13.8 Å². The van der Waals surface area contributed by atoms with Crippen molar-refractivity contribution < 1.29 is 19.1 Å². The van der Waals surface area contributed by atoms with Gasteiger partial charge in [0.25, 0.3) is 0 Å². The molecule has 1 amide bonds. The number of rotatable bonds is 3. The second-order valence-corrected chi connectivity index (χ2v) is 4.19. The summed E-state index contributed by atoms with van der Waals surface area (Å²) >= 11 is 0. The van der Waals surface area contributed by atoms with E-state index in [1.165, 1.54) is 4.90 Å². The van der Waals surface area contributed by atoms with Gasteiger partial charge in [-0.05, 0) is 44.0 Å². The van der Waals surface area contributed by atoms with Crippen LogP contribution in [-0.2, 0) is 14.3 Å². The molecule has 104 valence electrons. The van der Waals surface area contributed by atoms with Gasteiger partial charge in [-0.2, -0.15) is 0 Å². The maximum Gasteiger partial charge on any atom is 0.397 e. The zero-order chi connectivity index (χ0) is 14.6. The van der Waals surface area contributed by atoms with Crippen LogP contribution in [-0.4, -0.2) is 32.6 Å². The first kappa shape index (κ1) is 15.0. The first-order valence-corrected chi connectivity index (χ1v) is 6.02. The molecule has 0 aliphatic carbocycles. The van der Waals surface area contributed by atoms with Crippen molar-refractivity contribution in [2.24, 2.45) is 0 Å². The predicted molar refractivity (Wildman–Crippen MR) is 72.5 cm³/mol. The van der Waals surface area contributed by atoms with Gasteiger partial charge >= 0.3 is 11.9 Å². The molecule has 0 saturated heterocycles. The number of carbonyl (C=O) groups is 2. The average Bonchev–Trinajstić information content (AvgIpc) is 2.39. The highest BCUT2D eigenvalue weighted by Crippen LogP contribution is 2.28. The molecule has 0 aliphatic rings. The van der Waals surface area contributed by atoms with E-state index in [0.29, 0.717) is 5.69 Å². The molecule has 0 fully saturated rings. The van der Waals surface area contributed by atoms with Crippen molar-refractivity contribution in [1.82, 2.24) is 0 Å². The molecular weight excluding hydrogens is 246 g/mol. The molecule has 5 heteroatoms. The van der Waals surface area contributed by atoms with Crippen LogP contribution in [0.15, 0.2) is 12.1 Å². The molecule has 1 rings (SSSR count). The smallest absolute Gasteiger partial charge is 0.397 e. The van der Waals surface area contributed by atoms with E-state index in [-0.39, 0.29) is 6.61 Å². The van der Waals surface area contributed by atoms with Crippen molar-refractivity contribution in [1.29, 1.82) is 0 Å².